The molecule has 1 aliphatic carbocycles. The second kappa shape index (κ2) is 8.02. The van der Waals surface area contributed by atoms with Crippen molar-refractivity contribution in [2.75, 3.05) is 13.1 Å². The van der Waals surface area contributed by atoms with Gasteiger partial charge in [-0.3, -0.25) is 9.59 Å². The Labute approximate surface area is 156 Å². The van der Waals surface area contributed by atoms with Crippen LogP contribution in [0.25, 0.3) is 0 Å². The molecule has 1 unspecified atom stereocenters. The quantitative estimate of drug-likeness (QED) is 0.782. The Morgan fingerprint density at radius 3 is 2.56 bits per heavy atom. The molecule has 0 radical (unpaired) electrons. The van der Waals surface area contributed by atoms with Gasteiger partial charge in [0.15, 0.2) is 0 Å². The molecule has 1 aliphatic rings. The van der Waals surface area contributed by atoms with Crippen LogP contribution < -0.4 is 10.6 Å². The summed E-state index contributed by atoms with van der Waals surface area (Å²) in [6, 6.07) is 8.73. The van der Waals surface area contributed by atoms with Crippen molar-refractivity contribution in [1.82, 2.24) is 10.6 Å². The number of aryl methyl sites for hydroxylation is 1. The number of carbonyl (C=O) groups excluding carboxylic acids is 2. The standard InChI is InChI=1S/C19H21ClN2O2S/c1-12-2-7-16-14(10-12)11-17(25-16)19(24)22-9-8-21-18(23)13-3-5-15(20)6-4-13/h3-6,11-12H,2,7-10H2,1H3,(H,21,23)(H,22,24). The summed E-state index contributed by atoms with van der Waals surface area (Å²) in [5, 5.41) is 6.25. The van der Waals surface area contributed by atoms with E-state index in [1.54, 1.807) is 35.6 Å². The predicted molar refractivity (Wildman–Crippen MR) is 102 cm³/mol. The molecule has 0 spiro atoms. The number of benzene rings is 1. The number of hydrogen-bond donors (Lipinski definition) is 2. The summed E-state index contributed by atoms with van der Waals surface area (Å²) in [6.45, 7) is 3.04. The van der Waals surface area contributed by atoms with Crippen molar-refractivity contribution >= 4 is 34.8 Å². The molecule has 6 heteroatoms. The molecular formula is C19H21ClN2O2S. The van der Waals surface area contributed by atoms with Gasteiger partial charge in [-0.1, -0.05) is 18.5 Å². The van der Waals surface area contributed by atoms with Crippen LogP contribution >= 0.6 is 22.9 Å². The molecule has 0 aliphatic heterocycles. The lowest BCUT2D eigenvalue weighted by atomic mass is 9.90. The Morgan fingerprint density at radius 1 is 1.16 bits per heavy atom. The fourth-order valence-corrected chi connectivity index (χ4v) is 4.21. The van der Waals surface area contributed by atoms with Crippen LogP contribution in [0.15, 0.2) is 30.3 Å². The molecule has 1 aromatic heterocycles. The molecule has 0 saturated heterocycles. The molecule has 1 atom stereocenters. The van der Waals surface area contributed by atoms with Crippen LogP contribution in [0.2, 0.25) is 5.02 Å². The molecular weight excluding hydrogens is 356 g/mol. The van der Waals surface area contributed by atoms with E-state index in [-0.39, 0.29) is 11.8 Å². The van der Waals surface area contributed by atoms with Crippen LogP contribution in [0, 0.1) is 5.92 Å². The van der Waals surface area contributed by atoms with Gasteiger partial charge in [-0.15, -0.1) is 11.3 Å². The minimum atomic E-state index is -0.175. The number of halogens is 1. The van der Waals surface area contributed by atoms with E-state index in [2.05, 4.69) is 17.6 Å². The smallest absolute Gasteiger partial charge is 0.261 e. The lowest BCUT2D eigenvalue weighted by Crippen LogP contribution is -2.34. The lowest BCUT2D eigenvalue weighted by molar-refractivity contribution is 0.0929. The number of carbonyl (C=O) groups is 2. The predicted octanol–water partition coefficient (Wildman–Crippen LogP) is 3.69. The third kappa shape index (κ3) is 4.61. The van der Waals surface area contributed by atoms with Gasteiger partial charge >= 0.3 is 0 Å². The van der Waals surface area contributed by atoms with E-state index < -0.39 is 0 Å². The zero-order chi connectivity index (χ0) is 17.8. The number of thiophene rings is 1. The lowest BCUT2D eigenvalue weighted by Gasteiger charge is -2.16. The summed E-state index contributed by atoms with van der Waals surface area (Å²) < 4.78 is 0. The first-order valence-corrected chi connectivity index (χ1v) is 9.66. The molecule has 0 fully saturated rings. The van der Waals surface area contributed by atoms with Crippen LogP contribution in [0.4, 0.5) is 0 Å². The van der Waals surface area contributed by atoms with Crippen molar-refractivity contribution in [3.05, 3.63) is 56.2 Å². The summed E-state index contributed by atoms with van der Waals surface area (Å²) in [6.07, 6.45) is 3.34. The van der Waals surface area contributed by atoms with Crippen molar-refractivity contribution in [1.29, 1.82) is 0 Å². The minimum Gasteiger partial charge on any atom is -0.350 e. The maximum absolute atomic E-state index is 12.3. The fraction of sp³-hybridized carbons (Fsp3) is 0.368. The second-order valence-corrected chi connectivity index (χ2v) is 8.00. The summed E-state index contributed by atoms with van der Waals surface area (Å²) in [7, 11) is 0. The maximum Gasteiger partial charge on any atom is 0.261 e. The van der Waals surface area contributed by atoms with Gasteiger partial charge in [0.1, 0.15) is 0 Å². The van der Waals surface area contributed by atoms with Crippen molar-refractivity contribution < 1.29 is 9.59 Å². The first kappa shape index (κ1) is 18.0. The Kier molecular flexibility index (Phi) is 5.76. The number of amides is 2. The zero-order valence-corrected chi connectivity index (χ0v) is 15.7. The van der Waals surface area contributed by atoms with Gasteiger partial charge in [0.2, 0.25) is 0 Å². The minimum absolute atomic E-state index is 0.0622. The zero-order valence-electron chi connectivity index (χ0n) is 14.1. The molecule has 3 rings (SSSR count). The van der Waals surface area contributed by atoms with Crippen LogP contribution in [0.3, 0.4) is 0 Å². The van der Waals surface area contributed by atoms with Crippen LogP contribution in [0.1, 0.15) is 43.8 Å². The number of rotatable bonds is 5. The molecule has 4 nitrogen and oxygen atoms in total. The first-order valence-electron chi connectivity index (χ1n) is 8.46. The largest absolute Gasteiger partial charge is 0.350 e. The molecule has 1 heterocycles. The van der Waals surface area contributed by atoms with Gasteiger partial charge in [0, 0.05) is 28.6 Å². The molecule has 0 saturated carbocycles. The molecule has 132 valence electrons. The molecule has 2 aromatic rings. The van der Waals surface area contributed by atoms with Gasteiger partial charge in [-0.05, 0) is 61.1 Å². The number of hydrogen-bond acceptors (Lipinski definition) is 3. The number of fused-ring (bicyclic) bond motifs is 1. The van der Waals surface area contributed by atoms with Crippen LogP contribution in [-0.4, -0.2) is 24.9 Å². The van der Waals surface area contributed by atoms with E-state index >= 15 is 0 Å². The van der Waals surface area contributed by atoms with Gasteiger partial charge in [-0.25, -0.2) is 0 Å². The third-order valence-corrected chi connectivity index (χ3v) is 5.84. The molecule has 0 bridgehead atoms. The second-order valence-electron chi connectivity index (χ2n) is 6.43. The Morgan fingerprint density at radius 2 is 1.84 bits per heavy atom. The monoisotopic (exact) mass is 376 g/mol. The van der Waals surface area contributed by atoms with Crippen molar-refractivity contribution in [3.8, 4) is 0 Å². The highest BCUT2D eigenvalue weighted by molar-refractivity contribution is 7.14. The van der Waals surface area contributed by atoms with E-state index in [4.69, 9.17) is 11.6 Å². The average molecular weight is 377 g/mol. The molecule has 2 amide bonds. The first-order chi connectivity index (χ1) is 12.0. The maximum atomic E-state index is 12.3. The summed E-state index contributed by atoms with van der Waals surface area (Å²) in [4.78, 5) is 26.4. The Balaban J connectivity index is 1.45. The normalized spacial score (nSPS) is 16.2. The van der Waals surface area contributed by atoms with Gasteiger partial charge in [0.25, 0.3) is 11.8 Å². The summed E-state index contributed by atoms with van der Waals surface area (Å²) in [5.74, 6) is 0.459. The molecule has 25 heavy (non-hydrogen) atoms. The van der Waals surface area contributed by atoms with E-state index in [9.17, 15) is 9.59 Å². The van der Waals surface area contributed by atoms with E-state index in [0.29, 0.717) is 29.6 Å². The van der Waals surface area contributed by atoms with E-state index in [1.807, 2.05) is 6.07 Å². The SMILES string of the molecule is CC1CCc2sc(C(=O)NCCNC(=O)c3ccc(Cl)cc3)cc2C1. The topological polar surface area (TPSA) is 58.2 Å². The highest BCUT2D eigenvalue weighted by Gasteiger charge is 2.20. The van der Waals surface area contributed by atoms with E-state index in [0.717, 1.165) is 17.7 Å². The Bertz CT molecular complexity index is 770. The molecule has 1 aromatic carbocycles. The molecule has 2 N–H and O–H groups in total. The van der Waals surface area contributed by atoms with Crippen molar-refractivity contribution in [2.45, 2.75) is 26.2 Å². The van der Waals surface area contributed by atoms with Crippen molar-refractivity contribution in [2.24, 2.45) is 5.92 Å². The number of nitrogens with one attached hydrogen (secondary N) is 2. The van der Waals surface area contributed by atoms with Crippen molar-refractivity contribution in [3.63, 3.8) is 0 Å². The van der Waals surface area contributed by atoms with Gasteiger partial charge in [0.05, 0.1) is 4.88 Å². The van der Waals surface area contributed by atoms with Crippen LogP contribution in [0.5, 0.6) is 0 Å². The summed E-state index contributed by atoms with van der Waals surface area (Å²) in [5.41, 5.74) is 1.88. The third-order valence-electron chi connectivity index (χ3n) is 4.36. The van der Waals surface area contributed by atoms with Crippen LogP contribution in [-0.2, 0) is 12.8 Å². The Hall–Kier alpha value is -1.85. The van der Waals surface area contributed by atoms with E-state index in [1.165, 1.54) is 16.9 Å². The van der Waals surface area contributed by atoms with Gasteiger partial charge in [-0.2, -0.15) is 0 Å². The average Bonchev–Trinajstić information content (AvgIpc) is 3.02. The fourth-order valence-electron chi connectivity index (χ4n) is 2.96. The highest BCUT2D eigenvalue weighted by Crippen LogP contribution is 2.32. The summed E-state index contributed by atoms with van der Waals surface area (Å²) >= 11 is 7.40. The van der Waals surface area contributed by atoms with Gasteiger partial charge < -0.3 is 10.6 Å². The highest BCUT2D eigenvalue weighted by atomic mass is 35.5.